The van der Waals surface area contributed by atoms with Crippen molar-refractivity contribution in [3.05, 3.63) is 29.7 Å². The summed E-state index contributed by atoms with van der Waals surface area (Å²) in [6.07, 6.45) is 2.79. The maximum Gasteiger partial charge on any atom is 0.329 e. The van der Waals surface area contributed by atoms with E-state index in [0.717, 1.165) is 24.2 Å². The highest BCUT2D eigenvalue weighted by atomic mass is 32.2. The minimum absolute atomic E-state index is 0.0675. The van der Waals surface area contributed by atoms with E-state index in [0.29, 0.717) is 12.3 Å². The van der Waals surface area contributed by atoms with Crippen LogP contribution in [-0.4, -0.2) is 24.7 Å². The van der Waals surface area contributed by atoms with Crippen LogP contribution in [0.1, 0.15) is 37.1 Å². The number of fused-ring (bicyclic) bond motifs is 1. The summed E-state index contributed by atoms with van der Waals surface area (Å²) in [5.41, 5.74) is 0.888. The Labute approximate surface area is 127 Å². The van der Waals surface area contributed by atoms with Gasteiger partial charge in [0.05, 0.1) is 4.90 Å². The number of ether oxygens (including phenoxy) is 1. The molecule has 1 N–H and O–H groups in total. The number of anilines is 1. The van der Waals surface area contributed by atoms with Gasteiger partial charge in [-0.2, -0.15) is 0 Å². The Bertz CT molecular complexity index is 826. The van der Waals surface area contributed by atoms with Crippen LogP contribution >= 0.6 is 0 Å². The molecule has 1 aliphatic carbocycles. The number of benzene rings is 1. The molecule has 8 heteroatoms. The minimum atomic E-state index is -3.75. The highest BCUT2D eigenvalue weighted by molar-refractivity contribution is 7.92. The Morgan fingerprint density at radius 1 is 1.27 bits per heavy atom. The van der Waals surface area contributed by atoms with E-state index >= 15 is 0 Å². The molecule has 1 aromatic heterocycles. The number of aromatic nitrogens is 2. The molecule has 1 aromatic carbocycles. The average Bonchev–Trinajstić information content (AvgIpc) is 3.09. The third-order valence-electron chi connectivity index (χ3n) is 3.77. The molecule has 0 spiro atoms. The SMILES string of the molecule is C[C@H]1Cc2cc(S(=O)(=O)Nc3nnc(C4CC4)o3)ccc2O1. The predicted octanol–water partition coefficient (Wildman–Crippen LogP) is 2.07. The monoisotopic (exact) mass is 321 g/mol. The summed E-state index contributed by atoms with van der Waals surface area (Å²) in [4.78, 5) is 0.162. The molecule has 0 unspecified atom stereocenters. The van der Waals surface area contributed by atoms with Gasteiger partial charge in [0, 0.05) is 12.3 Å². The normalized spacial score (nSPS) is 20.5. The standard InChI is InChI=1S/C14H15N3O4S/c1-8-6-10-7-11(4-5-12(10)20-8)22(18,19)17-14-16-15-13(21-14)9-2-3-9/h4-5,7-9H,2-3,6H2,1H3,(H,16,17)/t8-/m0/s1. The van der Waals surface area contributed by atoms with Crippen molar-refractivity contribution in [2.24, 2.45) is 0 Å². The molecule has 2 heterocycles. The summed E-state index contributed by atoms with van der Waals surface area (Å²) in [7, 11) is -3.75. The minimum Gasteiger partial charge on any atom is -0.490 e. The van der Waals surface area contributed by atoms with Crippen LogP contribution < -0.4 is 9.46 Å². The molecule has 4 rings (SSSR count). The second-order valence-electron chi connectivity index (χ2n) is 5.73. The van der Waals surface area contributed by atoms with E-state index in [9.17, 15) is 8.42 Å². The zero-order valence-electron chi connectivity index (χ0n) is 11.9. The Morgan fingerprint density at radius 3 is 2.86 bits per heavy atom. The van der Waals surface area contributed by atoms with Gasteiger partial charge in [0.1, 0.15) is 11.9 Å². The van der Waals surface area contributed by atoms with Crippen LogP contribution in [0.3, 0.4) is 0 Å². The fourth-order valence-corrected chi connectivity index (χ4v) is 3.49. The van der Waals surface area contributed by atoms with E-state index < -0.39 is 10.0 Å². The molecule has 0 saturated heterocycles. The second kappa shape index (κ2) is 4.70. The summed E-state index contributed by atoms with van der Waals surface area (Å²) >= 11 is 0. The van der Waals surface area contributed by atoms with Crippen molar-refractivity contribution in [3.63, 3.8) is 0 Å². The number of nitrogens with one attached hydrogen (secondary N) is 1. The lowest BCUT2D eigenvalue weighted by Crippen LogP contribution is -2.13. The maximum absolute atomic E-state index is 12.4. The Balaban J connectivity index is 1.58. The first-order chi connectivity index (χ1) is 10.5. The zero-order valence-corrected chi connectivity index (χ0v) is 12.8. The molecule has 0 bridgehead atoms. The van der Waals surface area contributed by atoms with Crippen LogP contribution in [0.5, 0.6) is 5.75 Å². The third kappa shape index (κ3) is 2.43. The van der Waals surface area contributed by atoms with Crippen LogP contribution in [0.25, 0.3) is 0 Å². The van der Waals surface area contributed by atoms with Crippen LogP contribution in [0.2, 0.25) is 0 Å². The molecular formula is C14H15N3O4S. The molecule has 1 fully saturated rings. The highest BCUT2D eigenvalue weighted by Crippen LogP contribution is 2.39. The van der Waals surface area contributed by atoms with Gasteiger partial charge >= 0.3 is 6.01 Å². The van der Waals surface area contributed by atoms with Crippen molar-refractivity contribution in [2.45, 2.75) is 43.1 Å². The van der Waals surface area contributed by atoms with Crippen molar-refractivity contribution in [1.82, 2.24) is 10.2 Å². The molecule has 116 valence electrons. The Hall–Kier alpha value is -2.09. The number of sulfonamides is 1. The van der Waals surface area contributed by atoms with E-state index in [4.69, 9.17) is 9.15 Å². The molecular weight excluding hydrogens is 306 g/mol. The van der Waals surface area contributed by atoms with Gasteiger partial charge in [0.25, 0.3) is 10.0 Å². The lowest BCUT2D eigenvalue weighted by Gasteiger charge is -2.06. The molecule has 22 heavy (non-hydrogen) atoms. The number of nitrogens with zero attached hydrogens (tertiary/aromatic N) is 2. The summed E-state index contributed by atoms with van der Waals surface area (Å²) in [5, 5.41) is 7.60. The first-order valence-electron chi connectivity index (χ1n) is 7.17. The third-order valence-corrected chi connectivity index (χ3v) is 5.08. The lowest BCUT2D eigenvalue weighted by molar-refractivity contribution is 0.254. The van der Waals surface area contributed by atoms with Crippen molar-refractivity contribution < 1.29 is 17.6 Å². The predicted molar refractivity (Wildman–Crippen MR) is 77.3 cm³/mol. The molecule has 0 radical (unpaired) electrons. The molecule has 7 nitrogen and oxygen atoms in total. The Kier molecular flexibility index (Phi) is 2.90. The Morgan fingerprint density at radius 2 is 2.09 bits per heavy atom. The van der Waals surface area contributed by atoms with Gasteiger partial charge in [-0.15, -0.1) is 5.10 Å². The molecule has 1 aliphatic heterocycles. The average molecular weight is 321 g/mol. The fraction of sp³-hybridized carbons (Fsp3) is 0.429. The summed E-state index contributed by atoms with van der Waals surface area (Å²) < 4.78 is 38.0. The maximum atomic E-state index is 12.4. The van der Waals surface area contributed by atoms with E-state index in [2.05, 4.69) is 14.9 Å². The zero-order chi connectivity index (χ0) is 15.3. The largest absolute Gasteiger partial charge is 0.490 e. The van der Waals surface area contributed by atoms with Gasteiger partial charge in [0.15, 0.2) is 0 Å². The molecule has 2 aromatic rings. The fourth-order valence-electron chi connectivity index (χ4n) is 2.51. The van der Waals surface area contributed by atoms with Crippen molar-refractivity contribution in [3.8, 4) is 5.75 Å². The van der Waals surface area contributed by atoms with Gasteiger partial charge in [-0.3, -0.25) is 0 Å². The molecule has 0 amide bonds. The van der Waals surface area contributed by atoms with Gasteiger partial charge in [-0.1, -0.05) is 5.10 Å². The van der Waals surface area contributed by atoms with Crippen molar-refractivity contribution >= 4 is 16.0 Å². The highest BCUT2D eigenvalue weighted by Gasteiger charge is 2.30. The second-order valence-corrected chi connectivity index (χ2v) is 7.41. The quantitative estimate of drug-likeness (QED) is 0.926. The number of hydrogen-bond donors (Lipinski definition) is 1. The van der Waals surface area contributed by atoms with E-state index in [-0.39, 0.29) is 22.9 Å². The van der Waals surface area contributed by atoms with E-state index in [1.54, 1.807) is 12.1 Å². The smallest absolute Gasteiger partial charge is 0.329 e. The van der Waals surface area contributed by atoms with E-state index in [1.807, 2.05) is 6.92 Å². The van der Waals surface area contributed by atoms with Gasteiger partial charge in [-0.25, -0.2) is 13.1 Å². The molecule has 1 atom stereocenters. The van der Waals surface area contributed by atoms with Crippen LogP contribution in [0.15, 0.2) is 27.5 Å². The van der Waals surface area contributed by atoms with Crippen LogP contribution in [-0.2, 0) is 16.4 Å². The summed E-state index contributed by atoms with van der Waals surface area (Å²) in [6, 6.07) is 4.72. The molecule has 2 aliphatic rings. The van der Waals surface area contributed by atoms with Gasteiger partial charge in [-0.05, 0) is 43.5 Å². The van der Waals surface area contributed by atoms with Crippen LogP contribution in [0.4, 0.5) is 6.01 Å². The first-order valence-corrected chi connectivity index (χ1v) is 8.65. The number of hydrogen-bond acceptors (Lipinski definition) is 6. The van der Waals surface area contributed by atoms with Gasteiger partial charge < -0.3 is 9.15 Å². The van der Waals surface area contributed by atoms with Crippen molar-refractivity contribution in [2.75, 3.05) is 4.72 Å². The van der Waals surface area contributed by atoms with E-state index in [1.165, 1.54) is 6.07 Å². The van der Waals surface area contributed by atoms with Crippen LogP contribution in [0, 0.1) is 0 Å². The lowest BCUT2D eigenvalue weighted by atomic mass is 10.1. The van der Waals surface area contributed by atoms with Gasteiger partial charge in [0.2, 0.25) is 5.89 Å². The first kappa shape index (κ1) is 13.6. The molecule has 1 saturated carbocycles. The van der Waals surface area contributed by atoms with Crippen molar-refractivity contribution in [1.29, 1.82) is 0 Å². The topological polar surface area (TPSA) is 94.3 Å². The summed E-state index contributed by atoms with van der Waals surface area (Å²) in [5.74, 6) is 1.51. The number of rotatable bonds is 4. The summed E-state index contributed by atoms with van der Waals surface area (Å²) in [6.45, 7) is 1.95.